The van der Waals surface area contributed by atoms with Gasteiger partial charge in [0.25, 0.3) is 0 Å². The van der Waals surface area contributed by atoms with Crippen LogP contribution in [0.25, 0.3) is 0 Å². The van der Waals surface area contributed by atoms with Gasteiger partial charge in [-0.15, -0.1) is 0 Å². The molecular formula is C13H13NO. The second kappa shape index (κ2) is 4.13. The number of carbonyl (C=O) groups is 1. The average Bonchev–Trinajstić information content (AvgIpc) is 2.69. The van der Waals surface area contributed by atoms with Gasteiger partial charge in [-0.3, -0.25) is 4.79 Å². The second-order valence-electron chi connectivity index (χ2n) is 3.66. The first-order valence-electron chi connectivity index (χ1n) is 4.95. The Hall–Kier alpha value is -1.83. The third-order valence-corrected chi connectivity index (χ3v) is 2.46. The summed E-state index contributed by atoms with van der Waals surface area (Å²) in [7, 11) is 0. The SMILES string of the molecule is Cc1ccc(Cn2cccc2C=O)cc1. The van der Waals surface area contributed by atoms with E-state index in [4.69, 9.17) is 0 Å². The minimum absolute atomic E-state index is 0.718. The summed E-state index contributed by atoms with van der Waals surface area (Å²) in [5.41, 5.74) is 3.18. The second-order valence-corrected chi connectivity index (χ2v) is 3.66. The number of benzene rings is 1. The van der Waals surface area contributed by atoms with Crippen LogP contribution < -0.4 is 0 Å². The van der Waals surface area contributed by atoms with E-state index in [1.165, 1.54) is 11.1 Å². The molecule has 1 aromatic carbocycles. The number of hydrogen-bond acceptors (Lipinski definition) is 1. The lowest BCUT2D eigenvalue weighted by Crippen LogP contribution is -2.01. The molecule has 0 unspecified atom stereocenters. The maximum absolute atomic E-state index is 10.7. The predicted octanol–water partition coefficient (Wildman–Crippen LogP) is 2.66. The molecule has 0 bridgehead atoms. The van der Waals surface area contributed by atoms with Gasteiger partial charge in [0.05, 0.1) is 5.69 Å². The molecule has 1 heterocycles. The molecule has 0 saturated carbocycles. The van der Waals surface area contributed by atoms with Crippen molar-refractivity contribution >= 4 is 6.29 Å². The van der Waals surface area contributed by atoms with E-state index in [1.807, 2.05) is 22.9 Å². The van der Waals surface area contributed by atoms with Gasteiger partial charge in [0.2, 0.25) is 0 Å². The van der Waals surface area contributed by atoms with E-state index >= 15 is 0 Å². The summed E-state index contributed by atoms with van der Waals surface area (Å²) < 4.78 is 1.94. The Morgan fingerprint density at radius 2 is 1.93 bits per heavy atom. The van der Waals surface area contributed by atoms with E-state index in [9.17, 15) is 4.79 Å². The first-order valence-corrected chi connectivity index (χ1v) is 4.95. The van der Waals surface area contributed by atoms with Crippen LogP contribution in [0.5, 0.6) is 0 Å². The molecule has 0 atom stereocenters. The molecule has 0 fully saturated rings. The molecule has 76 valence electrons. The molecule has 2 aromatic rings. The van der Waals surface area contributed by atoms with Crippen molar-refractivity contribution in [3.05, 3.63) is 59.4 Å². The first-order chi connectivity index (χ1) is 7.29. The maximum Gasteiger partial charge on any atom is 0.166 e. The molecule has 0 aliphatic heterocycles. The number of aryl methyl sites for hydroxylation is 1. The Kier molecular flexibility index (Phi) is 2.68. The molecule has 0 aliphatic carbocycles. The highest BCUT2D eigenvalue weighted by molar-refractivity contribution is 5.72. The van der Waals surface area contributed by atoms with Crippen molar-refractivity contribution in [2.24, 2.45) is 0 Å². The lowest BCUT2D eigenvalue weighted by atomic mass is 10.1. The van der Waals surface area contributed by atoms with Gasteiger partial charge in [0.15, 0.2) is 6.29 Å². The lowest BCUT2D eigenvalue weighted by Gasteiger charge is -2.05. The number of aldehydes is 1. The zero-order valence-corrected chi connectivity index (χ0v) is 8.68. The highest BCUT2D eigenvalue weighted by Crippen LogP contribution is 2.07. The Bertz CT molecular complexity index is 454. The van der Waals surface area contributed by atoms with Gasteiger partial charge in [-0.2, -0.15) is 0 Å². The van der Waals surface area contributed by atoms with E-state index in [1.54, 1.807) is 0 Å². The summed E-state index contributed by atoms with van der Waals surface area (Å²) >= 11 is 0. The number of nitrogens with zero attached hydrogens (tertiary/aromatic N) is 1. The monoisotopic (exact) mass is 199 g/mol. The summed E-state index contributed by atoms with van der Waals surface area (Å²) in [6.45, 7) is 2.82. The molecule has 1 aromatic heterocycles. The van der Waals surface area contributed by atoms with Crippen LogP contribution in [0.2, 0.25) is 0 Å². The molecule has 2 heteroatoms. The maximum atomic E-state index is 10.7. The van der Waals surface area contributed by atoms with Crippen LogP contribution in [0, 0.1) is 6.92 Å². The summed E-state index contributed by atoms with van der Waals surface area (Å²) in [5.74, 6) is 0. The summed E-state index contributed by atoms with van der Waals surface area (Å²) in [4.78, 5) is 10.7. The van der Waals surface area contributed by atoms with Crippen LogP contribution in [0.3, 0.4) is 0 Å². The number of carbonyl (C=O) groups excluding carboxylic acids is 1. The summed E-state index contributed by atoms with van der Waals surface area (Å²) in [6.07, 6.45) is 2.80. The van der Waals surface area contributed by atoms with Crippen molar-refractivity contribution in [2.45, 2.75) is 13.5 Å². The predicted molar refractivity (Wildman–Crippen MR) is 60.1 cm³/mol. The Morgan fingerprint density at radius 3 is 2.60 bits per heavy atom. The Balaban J connectivity index is 2.21. The van der Waals surface area contributed by atoms with Crippen molar-refractivity contribution < 1.29 is 4.79 Å². The van der Waals surface area contributed by atoms with Gasteiger partial charge in [-0.25, -0.2) is 0 Å². The van der Waals surface area contributed by atoms with Gasteiger partial charge >= 0.3 is 0 Å². The lowest BCUT2D eigenvalue weighted by molar-refractivity contribution is 0.111. The van der Waals surface area contributed by atoms with Crippen molar-refractivity contribution in [2.75, 3.05) is 0 Å². The van der Waals surface area contributed by atoms with Gasteiger partial charge in [-0.05, 0) is 24.6 Å². The number of hydrogen-bond donors (Lipinski definition) is 0. The van der Waals surface area contributed by atoms with Crippen LogP contribution in [0.15, 0.2) is 42.6 Å². The normalized spacial score (nSPS) is 10.2. The van der Waals surface area contributed by atoms with Crippen LogP contribution in [0.1, 0.15) is 21.6 Å². The van der Waals surface area contributed by atoms with Crippen molar-refractivity contribution in [1.29, 1.82) is 0 Å². The number of aromatic nitrogens is 1. The Morgan fingerprint density at radius 1 is 1.20 bits per heavy atom. The zero-order valence-electron chi connectivity index (χ0n) is 8.68. The average molecular weight is 199 g/mol. The smallest absolute Gasteiger partial charge is 0.166 e. The molecule has 2 rings (SSSR count). The van der Waals surface area contributed by atoms with E-state index in [2.05, 4.69) is 31.2 Å². The molecule has 0 saturated heterocycles. The van der Waals surface area contributed by atoms with E-state index in [-0.39, 0.29) is 0 Å². The molecule has 15 heavy (non-hydrogen) atoms. The fourth-order valence-electron chi connectivity index (χ4n) is 1.57. The standard InChI is InChI=1S/C13H13NO/c1-11-4-6-12(7-5-11)9-14-8-2-3-13(14)10-15/h2-8,10H,9H2,1H3. The van der Waals surface area contributed by atoms with Crippen LogP contribution in [-0.2, 0) is 6.54 Å². The zero-order chi connectivity index (χ0) is 10.7. The highest BCUT2D eigenvalue weighted by Gasteiger charge is 1.99. The largest absolute Gasteiger partial charge is 0.341 e. The van der Waals surface area contributed by atoms with E-state index in [0.717, 1.165) is 18.5 Å². The van der Waals surface area contributed by atoms with Crippen LogP contribution in [-0.4, -0.2) is 10.9 Å². The van der Waals surface area contributed by atoms with Crippen molar-refractivity contribution in [3.8, 4) is 0 Å². The summed E-state index contributed by atoms with van der Waals surface area (Å²) in [6, 6.07) is 12.0. The minimum Gasteiger partial charge on any atom is -0.341 e. The molecule has 0 spiro atoms. The topological polar surface area (TPSA) is 22.0 Å². The molecule has 0 N–H and O–H groups in total. The van der Waals surface area contributed by atoms with Gasteiger partial charge in [-0.1, -0.05) is 29.8 Å². The summed E-state index contributed by atoms with van der Waals surface area (Å²) in [5, 5.41) is 0. The van der Waals surface area contributed by atoms with Gasteiger partial charge in [0, 0.05) is 12.7 Å². The molecule has 0 radical (unpaired) electrons. The minimum atomic E-state index is 0.718. The van der Waals surface area contributed by atoms with Crippen molar-refractivity contribution in [3.63, 3.8) is 0 Å². The van der Waals surface area contributed by atoms with Crippen molar-refractivity contribution in [1.82, 2.24) is 4.57 Å². The van der Waals surface area contributed by atoms with Gasteiger partial charge < -0.3 is 4.57 Å². The Labute approximate surface area is 89.2 Å². The van der Waals surface area contributed by atoms with E-state index in [0.29, 0.717) is 0 Å². The van der Waals surface area contributed by atoms with Gasteiger partial charge in [0.1, 0.15) is 0 Å². The molecule has 0 amide bonds. The van der Waals surface area contributed by atoms with E-state index < -0.39 is 0 Å². The molecule has 2 nitrogen and oxygen atoms in total. The first kappa shape index (κ1) is 9.71. The highest BCUT2D eigenvalue weighted by atomic mass is 16.1. The molecule has 0 aliphatic rings. The fourth-order valence-corrected chi connectivity index (χ4v) is 1.57. The fraction of sp³-hybridized carbons (Fsp3) is 0.154. The van der Waals surface area contributed by atoms with Crippen LogP contribution >= 0.6 is 0 Å². The number of rotatable bonds is 3. The third kappa shape index (κ3) is 2.15. The molecular weight excluding hydrogens is 186 g/mol. The third-order valence-electron chi connectivity index (χ3n) is 2.46. The van der Waals surface area contributed by atoms with Crippen LogP contribution in [0.4, 0.5) is 0 Å². The quantitative estimate of drug-likeness (QED) is 0.696.